The number of aromatic amines is 2. The molecule has 6 nitrogen and oxygen atoms in total. The van der Waals surface area contributed by atoms with Crippen molar-refractivity contribution in [2.75, 3.05) is 7.11 Å². The lowest BCUT2D eigenvalue weighted by molar-refractivity contribution is 0.0946. The minimum absolute atomic E-state index is 0.186. The average Bonchev–Trinajstić information content (AvgIpc) is 3.22. The fourth-order valence-corrected chi connectivity index (χ4v) is 2.78. The third kappa shape index (κ3) is 2.48. The van der Waals surface area contributed by atoms with E-state index in [2.05, 4.69) is 20.3 Å². The molecule has 2 aromatic carbocycles. The molecule has 4 aromatic rings. The molecule has 0 radical (unpaired) electrons. The standard InChI is InChI=1S/C18H16N4O2/c1-24-16-8-4-7-12-11(16)9-15(20-12)18(23)19-10-17-21-13-5-2-3-6-14(13)22-17/h2-9,20H,10H2,1H3,(H,19,23)(H,21,22). The van der Waals surface area contributed by atoms with E-state index in [1.54, 1.807) is 13.2 Å². The summed E-state index contributed by atoms with van der Waals surface area (Å²) in [7, 11) is 1.61. The van der Waals surface area contributed by atoms with Gasteiger partial charge in [-0.25, -0.2) is 4.98 Å². The van der Waals surface area contributed by atoms with Crippen molar-refractivity contribution in [2.24, 2.45) is 0 Å². The van der Waals surface area contributed by atoms with Gasteiger partial charge in [0.05, 0.1) is 24.7 Å². The highest BCUT2D eigenvalue weighted by Crippen LogP contribution is 2.25. The molecule has 24 heavy (non-hydrogen) atoms. The maximum absolute atomic E-state index is 12.4. The van der Waals surface area contributed by atoms with Crippen LogP contribution in [0.1, 0.15) is 16.3 Å². The normalized spacial score (nSPS) is 11.0. The van der Waals surface area contributed by atoms with Gasteiger partial charge in [0.2, 0.25) is 0 Å². The first-order valence-corrected chi connectivity index (χ1v) is 7.62. The molecule has 6 heteroatoms. The van der Waals surface area contributed by atoms with Crippen molar-refractivity contribution in [3.05, 3.63) is 60.0 Å². The number of carbonyl (C=O) groups excluding carboxylic acids is 1. The van der Waals surface area contributed by atoms with Crippen LogP contribution in [0.15, 0.2) is 48.5 Å². The SMILES string of the molecule is COc1cccc2[nH]c(C(=O)NCc3nc4ccccc4[nH]3)cc12. The molecule has 0 saturated carbocycles. The molecule has 3 N–H and O–H groups in total. The van der Waals surface area contributed by atoms with Crippen molar-refractivity contribution in [1.29, 1.82) is 0 Å². The predicted molar refractivity (Wildman–Crippen MR) is 92.1 cm³/mol. The minimum atomic E-state index is -0.186. The first-order chi connectivity index (χ1) is 11.7. The quantitative estimate of drug-likeness (QED) is 0.540. The summed E-state index contributed by atoms with van der Waals surface area (Å²) in [6, 6.07) is 15.2. The molecule has 2 aromatic heterocycles. The van der Waals surface area contributed by atoms with Gasteiger partial charge in [-0.3, -0.25) is 4.79 Å². The number of ether oxygens (including phenoxy) is 1. The highest BCUT2D eigenvalue weighted by molar-refractivity contribution is 5.99. The van der Waals surface area contributed by atoms with Gasteiger partial charge >= 0.3 is 0 Å². The lowest BCUT2D eigenvalue weighted by atomic mass is 10.2. The molecule has 0 unspecified atom stereocenters. The van der Waals surface area contributed by atoms with E-state index in [1.165, 1.54) is 0 Å². The summed E-state index contributed by atoms with van der Waals surface area (Å²) in [6.45, 7) is 0.333. The molecule has 1 amide bonds. The number of fused-ring (bicyclic) bond motifs is 2. The second kappa shape index (κ2) is 5.73. The first kappa shape index (κ1) is 14.3. The van der Waals surface area contributed by atoms with Crippen molar-refractivity contribution in [3.8, 4) is 5.75 Å². The molecular formula is C18H16N4O2. The maximum Gasteiger partial charge on any atom is 0.268 e. The smallest absolute Gasteiger partial charge is 0.268 e. The number of carbonyl (C=O) groups is 1. The Balaban J connectivity index is 1.53. The number of rotatable bonds is 4. The zero-order valence-electron chi connectivity index (χ0n) is 13.1. The number of para-hydroxylation sites is 2. The number of imidazole rings is 1. The molecule has 0 saturated heterocycles. The summed E-state index contributed by atoms with van der Waals surface area (Å²) in [4.78, 5) is 23.1. The summed E-state index contributed by atoms with van der Waals surface area (Å²) in [6.07, 6.45) is 0. The average molecular weight is 320 g/mol. The van der Waals surface area contributed by atoms with Crippen molar-refractivity contribution in [2.45, 2.75) is 6.54 Å². The van der Waals surface area contributed by atoms with Crippen LogP contribution in [-0.4, -0.2) is 28.0 Å². The monoisotopic (exact) mass is 320 g/mol. The van der Waals surface area contributed by atoms with Gasteiger partial charge in [-0.15, -0.1) is 0 Å². The van der Waals surface area contributed by atoms with Crippen molar-refractivity contribution >= 4 is 27.8 Å². The van der Waals surface area contributed by atoms with Crippen molar-refractivity contribution in [1.82, 2.24) is 20.3 Å². The van der Waals surface area contributed by atoms with Crippen LogP contribution < -0.4 is 10.1 Å². The number of nitrogens with one attached hydrogen (secondary N) is 3. The van der Waals surface area contributed by atoms with Crippen LogP contribution in [0, 0.1) is 0 Å². The summed E-state index contributed by atoms with van der Waals surface area (Å²) >= 11 is 0. The van der Waals surface area contributed by atoms with E-state index in [1.807, 2.05) is 42.5 Å². The third-order valence-electron chi connectivity index (χ3n) is 3.94. The Bertz CT molecular complexity index is 999. The second-order valence-corrected chi connectivity index (χ2v) is 5.49. The van der Waals surface area contributed by atoms with Crippen LogP contribution in [0.25, 0.3) is 21.9 Å². The van der Waals surface area contributed by atoms with Crippen molar-refractivity contribution < 1.29 is 9.53 Å². The van der Waals surface area contributed by atoms with Crippen LogP contribution in [0.5, 0.6) is 5.75 Å². The van der Waals surface area contributed by atoms with Crippen LogP contribution in [-0.2, 0) is 6.54 Å². The molecule has 4 rings (SSSR count). The highest BCUT2D eigenvalue weighted by atomic mass is 16.5. The Morgan fingerprint density at radius 3 is 2.79 bits per heavy atom. The summed E-state index contributed by atoms with van der Waals surface area (Å²) in [5, 5.41) is 3.75. The largest absolute Gasteiger partial charge is 0.496 e. The molecule has 0 aliphatic carbocycles. The van der Waals surface area contributed by atoms with Gasteiger partial charge in [0, 0.05) is 10.9 Å². The molecule has 0 atom stereocenters. The van der Waals surface area contributed by atoms with E-state index in [9.17, 15) is 4.79 Å². The van der Waals surface area contributed by atoms with Gasteiger partial charge in [-0.2, -0.15) is 0 Å². The first-order valence-electron chi connectivity index (χ1n) is 7.62. The number of methoxy groups -OCH3 is 1. The van der Waals surface area contributed by atoms with E-state index >= 15 is 0 Å². The molecule has 0 aliphatic rings. The lowest BCUT2D eigenvalue weighted by Crippen LogP contribution is -2.23. The molecule has 2 heterocycles. The third-order valence-corrected chi connectivity index (χ3v) is 3.94. The Morgan fingerprint density at radius 1 is 1.12 bits per heavy atom. The van der Waals surface area contributed by atoms with Gasteiger partial charge in [0.25, 0.3) is 5.91 Å². The highest BCUT2D eigenvalue weighted by Gasteiger charge is 2.12. The van der Waals surface area contributed by atoms with Crippen molar-refractivity contribution in [3.63, 3.8) is 0 Å². The number of amides is 1. The summed E-state index contributed by atoms with van der Waals surface area (Å²) in [5.41, 5.74) is 3.20. The number of aromatic nitrogens is 3. The number of nitrogens with zero attached hydrogens (tertiary/aromatic N) is 1. The molecule has 0 fully saturated rings. The lowest BCUT2D eigenvalue weighted by Gasteiger charge is -2.00. The number of hydrogen-bond acceptors (Lipinski definition) is 3. The summed E-state index contributed by atoms with van der Waals surface area (Å²) < 4.78 is 5.32. The molecule has 120 valence electrons. The van der Waals surface area contributed by atoms with Gasteiger partial charge in [-0.05, 0) is 30.3 Å². The fraction of sp³-hybridized carbons (Fsp3) is 0.111. The van der Waals surface area contributed by atoms with E-state index in [0.29, 0.717) is 12.2 Å². The topological polar surface area (TPSA) is 82.8 Å². The zero-order chi connectivity index (χ0) is 16.5. The summed E-state index contributed by atoms with van der Waals surface area (Å²) in [5.74, 6) is 1.27. The molecule has 0 spiro atoms. The van der Waals surface area contributed by atoms with Gasteiger partial charge in [0.1, 0.15) is 17.3 Å². The molecule has 0 bridgehead atoms. The van der Waals surface area contributed by atoms with E-state index < -0.39 is 0 Å². The second-order valence-electron chi connectivity index (χ2n) is 5.49. The molecule has 0 aliphatic heterocycles. The minimum Gasteiger partial charge on any atom is -0.496 e. The van der Waals surface area contributed by atoms with E-state index in [4.69, 9.17) is 4.74 Å². The van der Waals surface area contributed by atoms with E-state index in [0.717, 1.165) is 33.5 Å². The van der Waals surface area contributed by atoms with Gasteiger partial charge in [-0.1, -0.05) is 18.2 Å². The Hall–Kier alpha value is -3.28. The Kier molecular flexibility index (Phi) is 3.42. The predicted octanol–water partition coefficient (Wildman–Crippen LogP) is 2.98. The fourth-order valence-electron chi connectivity index (χ4n) is 2.78. The zero-order valence-corrected chi connectivity index (χ0v) is 13.1. The molecular weight excluding hydrogens is 304 g/mol. The maximum atomic E-state index is 12.4. The van der Waals surface area contributed by atoms with Gasteiger partial charge in [0.15, 0.2) is 0 Å². The van der Waals surface area contributed by atoms with Gasteiger partial charge < -0.3 is 20.0 Å². The Labute approximate surface area is 137 Å². The van der Waals surface area contributed by atoms with Crippen LogP contribution >= 0.6 is 0 Å². The van der Waals surface area contributed by atoms with Crippen LogP contribution in [0.3, 0.4) is 0 Å². The van der Waals surface area contributed by atoms with E-state index in [-0.39, 0.29) is 5.91 Å². The Morgan fingerprint density at radius 2 is 1.96 bits per heavy atom. The van der Waals surface area contributed by atoms with Crippen LogP contribution in [0.4, 0.5) is 0 Å². The van der Waals surface area contributed by atoms with Crippen LogP contribution in [0.2, 0.25) is 0 Å². The number of benzene rings is 2. The number of H-pyrrole nitrogens is 2. The number of hydrogen-bond donors (Lipinski definition) is 3.